The molecule has 0 spiro atoms. The second kappa shape index (κ2) is 8.68. The minimum Gasteiger partial charge on any atom is -0.408 e. The highest BCUT2D eigenvalue weighted by molar-refractivity contribution is 7.89. The third-order valence-corrected chi connectivity index (χ3v) is 7.45. The SMILES string of the molecule is CCc1ccc(NC(=O)CCn2c(=O)oc3cc(S(=O)(=O)N4CCCC4)ccc32)cc1. The summed E-state index contributed by atoms with van der Waals surface area (Å²) in [6.45, 7) is 3.19. The van der Waals surface area contributed by atoms with Gasteiger partial charge in [0.15, 0.2) is 5.58 Å². The number of carbonyl (C=O) groups is 1. The number of anilines is 1. The first-order chi connectivity index (χ1) is 14.9. The summed E-state index contributed by atoms with van der Waals surface area (Å²) in [4.78, 5) is 24.7. The van der Waals surface area contributed by atoms with Gasteiger partial charge in [-0.1, -0.05) is 19.1 Å². The minimum absolute atomic E-state index is 0.0812. The molecule has 0 unspecified atom stereocenters. The van der Waals surface area contributed by atoms with E-state index in [0.717, 1.165) is 19.3 Å². The molecule has 9 heteroatoms. The lowest BCUT2D eigenvalue weighted by atomic mass is 10.1. The highest BCUT2D eigenvalue weighted by Crippen LogP contribution is 2.24. The van der Waals surface area contributed by atoms with Gasteiger partial charge >= 0.3 is 5.76 Å². The average molecular weight is 444 g/mol. The van der Waals surface area contributed by atoms with Gasteiger partial charge in [0, 0.05) is 37.8 Å². The minimum atomic E-state index is -3.60. The number of aryl methyl sites for hydroxylation is 2. The monoisotopic (exact) mass is 443 g/mol. The Balaban J connectivity index is 1.48. The van der Waals surface area contributed by atoms with Crippen LogP contribution in [-0.4, -0.2) is 36.3 Å². The molecule has 0 atom stereocenters. The molecule has 164 valence electrons. The standard InChI is InChI=1S/C22H25N3O5S/c1-2-16-5-7-17(8-6-16)23-21(26)11-14-25-19-10-9-18(15-20(19)30-22(25)27)31(28,29)24-12-3-4-13-24/h5-10,15H,2-4,11-14H2,1H3,(H,23,26). The Hall–Kier alpha value is -2.91. The third-order valence-electron chi connectivity index (χ3n) is 5.55. The maximum atomic E-state index is 12.7. The van der Waals surface area contributed by atoms with E-state index in [0.29, 0.717) is 24.3 Å². The second-order valence-corrected chi connectivity index (χ2v) is 9.55. The molecule has 1 aromatic heterocycles. The van der Waals surface area contributed by atoms with Gasteiger partial charge in [-0.05, 0) is 49.1 Å². The number of sulfonamides is 1. The summed E-state index contributed by atoms with van der Waals surface area (Å²) in [6, 6.07) is 12.0. The molecule has 4 rings (SSSR count). The van der Waals surface area contributed by atoms with Gasteiger partial charge < -0.3 is 9.73 Å². The van der Waals surface area contributed by atoms with Gasteiger partial charge in [-0.15, -0.1) is 0 Å². The highest BCUT2D eigenvalue weighted by Gasteiger charge is 2.28. The van der Waals surface area contributed by atoms with Gasteiger partial charge in [0.25, 0.3) is 0 Å². The van der Waals surface area contributed by atoms with Crippen molar-refractivity contribution >= 4 is 32.7 Å². The number of oxazole rings is 1. The molecule has 1 aliphatic heterocycles. The number of carbonyl (C=O) groups excluding carboxylic acids is 1. The number of hydrogen-bond acceptors (Lipinski definition) is 5. The van der Waals surface area contributed by atoms with E-state index in [4.69, 9.17) is 4.42 Å². The molecule has 0 saturated carbocycles. The van der Waals surface area contributed by atoms with E-state index in [9.17, 15) is 18.0 Å². The van der Waals surface area contributed by atoms with Crippen LogP contribution in [0.25, 0.3) is 11.1 Å². The normalized spacial score (nSPS) is 14.9. The van der Waals surface area contributed by atoms with Crippen LogP contribution in [0.5, 0.6) is 0 Å². The van der Waals surface area contributed by atoms with Crippen LogP contribution in [0.15, 0.2) is 56.6 Å². The molecule has 31 heavy (non-hydrogen) atoms. The number of fused-ring (bicyclic) bond motifs is 1. The number of amides is 1. The van der Waals surface area contributed by atoms with Crippen molar-refractivity contribution in [2.75, 3.05) is 18.4 Å². The Morgan fingerprint density at radius 1 is 1.10 bits per heavy atom. The molecule has 8 nitrogen and oxygen atoms in total. The lowest BCUT2D eigenvalue weighted by Gasteiger charge is -2.15. The van der Waals surface area contributed by atoms with Crippen molar-refractivity contribution < 1.29 is 17.6 Å². The van der Waals surface area contributed by atoms with E-state index in [1.165, 1.54) is 26.6 Å². The lowest BCUT2D eigenvalue weighted by molar-refractivity contribution is -0.116. The number of benzene rings is 2. The lowest BCUT2D eigenvalue weighted by Crippen LogP contribution is -2.27. The smallest absolute Gasteiger partial charge is 0.408 e. The van der Waals surface area contributed by atoms with E-state index in [-0.39, 0.29) is 29.4 Å². The van der Waals surface area contributed by atoms with Crippen molar-refractivity contribution in [1.82, 2.24) is 8.87 Å². The van der Waals surface area contributed by atoms with E-state index in [1.807, 2.05) is 24.3 Å². The second-order valence-electron chi connectivity index (χ2n) is 7.61. The van der Waals surface area contributed by atoms with Gasteiger partial charge in [-0.2, -0.15) is 4.31 Å². The quantitative estimate of drug-likeness (QED) is 0.605. The molecule has 1 fully saturated rings. The van der Waals surface area contributed by atoms with Crippen LogP contribution in [0.2, 0.25) is 0 Å². The molecule has 1 aliphatic rings. The van der Waals surface area contributed by atoms with E-state index < -0.39 is 15.8 Å². The van der Waals surface area contributed by atoms with Crippen molar-refractivity contribution in [2.24, 2.45) is 0 Å². The summed E-state index contributed by atoms with van der Waals surface area (Å²) in [6.07, 6.45) is 2.69. The Kier molecular flexibility index (Phi) is 5.97. The molecule has 2 aromatic carbocycles. The van der Waals surface area contributed by atoms with E-state index in [1.54, 1.807) is 6.07 Å². The van der Waals surface area contributed by atoms with Crippen molar-refractivity contribution in [3.8, 4) is 0 Å². The van der Waals surface area contributed by atoms with Crippen LogP contribution >= 0.6 is 0 Å². The molecule has 1 saturated heterocycles. The zero-order chi connectivity index (χ0) is 22.0. The van der Waals surface area contributed by atoms with Crippen molar-refractivity contribution in [2.45, 2.75) is 44.0 Å². The molecule has 1 amide bonds. The van der Waals surface area contributed by atoms with Crippen LogP contribution < -0.4 is 11.1 Å². The number of aromatic nitrogens is 1. The molecule has 2 heterocycles. The van der Waals surface area contributed by atoms with Crippen LogP contribution in [-0.2, 0) is 27.8 Å². The van der Waals surface area contributed by atoms with Gasteiger partial charge in [0.1, 0.15) is 0 Å². The molecule has 1 N–H and O–H groups in total. The first kappa shape index (κ1) is 21.3. The van der Waals surface area contributed by atoms with Crippen molar-refractivity contribution in [3.63, 3.8) is 0 Å². The van der Waals surface area contributed by atoms with Crippen molar-refractivity contribution in [1.29, 1.82) is 0 Å². The highest BCUT2D eigenvalue weighted by atomic mass is 32.2. The van der Waals surface area contributed by atoms with Gasteiger partial charge in [0.05, 0.1) is 10.4 Å². The molecule has 3 aromatic rings. The summed E-state index contributed by atoms with van der Waals surface area (Å²) < 4.78 is 33.6. The van der Waals surface area contributed by atoms with Crippen LogP contribution in [0.3, 0.4) is 0 Å². The number of nitrogens with zero attached hydrogens (tertiary/aromatic N) is 2. The van der Waals surface area contributed by atoms with Crippen LogP contribution in [0.1, 0.15) is 31.7 Å². The maximum Gasteiger partial charge on any atom is 0.419 e. The Morgan fingerprint density at radius 2 is 1.81 bits per heavy atom. The fourth-order valence-corrected chi connectivity index (χ4v) is 5.29. The number of hydrogen-bond donors (Lipinski definition) is 1. The van der Waals surface area contributed by atoms with Crippen molar-refractivity contribution in [3.05, 3.63) is 58.6 Å². The summed E-state index contributed by atoms with van der Waals surface area (Å²) in [5.74, 6) is -0.843. The zero-order valence-electron chi connectivity index (χ0n) is 17.3. The first-order valence-electron chi connectivity index (χ1n) is 10.4. The predicted molar refractivity (Wildman–Crippen MR) is 118 cm³/mol. The van der Waals surface area contributed by atoms with Gasteiger partial charge in [-0.25, -0.2) is 13.2 Å². The van der Waals surface area contributed by atoms with E-state index >= 15 is 0 Å². The summed E-state index contributed by atoms with van der Waals surface area (Å²) in [5, 5.41) is 2.81. The zero-order valence-corrected chi connectivity index (χ0v) is 18.2. The third kappa shape index (κ3) is 4.42. The maximum absolute atomic E-state index is 12.7. The number of rotatable bonds is 7. The summed E-state index contributed by atoms with van der Waals surface area (Å²) in [7, 11) is -3.60. The summed E-state index contributed by atoms with van der Waals surface area (Å²) >= 11 is 0. The van der Waals surface area contributed by atoms with E-state index in [2.05, 4.69) is 12.2 Å². The summed E-state index contributed by atoms with van der Waals surface area (Å²) in [5.41, 5.74) is 2.54. The first-order valence-corrected chi connectivity index (χ1v) is 11.8. The molecular weight excluding hydrogens is 418 g/mol. The predicted octanol–water partition coefficient (Wildman–Crippen LogP) is 2.97. The Bertz CT molecular complexity index is 1250. The van der Waals surface area contributed by atoms with Crippen LogP contribution in [0.4, 0.5) is 5.69 Å². The fraction of sp³-hybridized carbons (Fsp3) is 0.364. The molecule has 0 radical (unpaired) electrons. The topological polar surface area (TPSA) is 102 Å². The molecular formula is C22H25N3O5S. The Morgan fingerprint density at radius 3 is 2.48 bits per heavy atom. The number of nitrogens with one attached hydrogen (secondary N) is 1. The molecule has 0 aliphatic carbocycles. The fourth-order valence-electron chi connectivity index (χ4n) is 3.76. The largest absolute Gasteiger partial charge is 0.419 e. The molecule has 0 bridgehead atoms. The van der Waals surface area contributed by atoms with Gasteiger partial charge in [-0.3, -0.25) is 9.36 Å². The Labute approximate surface area is 180 Å². The van der Waals surface area contributed by atoms with Gasteiger partial charge in [0.2, 0.25) is 15.9 Å². The average Bonchev–Trinajstić information content (AvgIpc) is 3.40. The van der Waals surface area contributed by atoms with Crippen LogP contribution in [0, 0.1) is 0 Å².